The van der Waals surface area contributed by atoms with Crippen molar-refractivity contribution in [1.29, 1.82) is 0 Å². The molecule has 0 atom stereocenters. The van der Waals surface area contributed by atoms with E-state index in [0.717, 1.165) is 43.2 Å². The quantitative estimate of drug-likeness (QED) is 0.946. The van der Waals surface area contributed by atoms with E-state index in [-0.39, 0.29) is 5.56 Å². The summed E-state index contributed by atoms with van der Waals surface area (Å²) in [7, 11) is 0. The van der Waals surface area contributed by atoms with Gasteiger partial charge in [0.15, 0.2) is 11.6 Å². The number of rotatable bonds is 3. The number of hydrogen-bond donors (Lipinski definition) is 1. The maximum Gasteiger partial charge on any atom is 0.254 e. The van der Waals surface area contributed by atoms with Gasteiger partial charge in [0.1, 0.15) is 0 Å². The van der Waals surface area contributed by atoms with E-state index < -0.39 is 0 Å². The summed E-state index contributed by atoms with van der Waals surface area (Å²) in [4.78, 5) is 22.3. The topological polar surface area (TPSA) is 62.1 Å². The van der Waals surface area contributed by atoms with Gasteiger partial charge in [-0.25, -0.2) is 4.98 Å². The van der Waals surface area contributed by atoms with E-state index >= 15 is 0 Å². The van der Waals surface area contributed by atoms with Crippen LogP contribution in [0.5, 0.6) is 0 Å². The highest BCUT2D eigenvalue weighted by atomic mass is 16.3. The van der Waals surface area contributed by atoms with Crippen molar-refractivity contribution in [3.05, 3.63) is 40.0 Å². The van der Waals surface area contributed by atoms with Crippen LogP contribution in [0.25, 0.3) is 11.6 Å². The van der Waals surface area contributed by atoms with Crippen molar-refractivity contribution in [2.75, 3.05) is 13.1 Å². The van der Waals surface area contributed by atoms with Crippen LogP contribution >= 0.6 is 0 Å². The molecule has 1 aliphatic carbocycles. The number of fused-ring (bicyclic) bond motifs is 1. The highest BCUT2D eigenvalue weighted by molar-refractivity contribution is 5.46. The Morgan fingerprint density at radius 1 is 1.30 bits per heavy atom. The van der Waals surface area contributed by atoms with Crippen molar-refractivity contribution in [1.82, 2.24) is 14.9 Å². The molecule has 0 aromatic carbocycles. The van der Waals surface area contributed by atoms with E-state index in [2.05, 4.69) is 14.9 Å². The molecule has 1 aliphatic heterocycles. The monoisotopic (exact) mass is 313 g/mol. The molecular weight excluding hydrogens is 290 g/mol. The van der Waals surface area contributed by atoms with Gasteiger partial charge in [0.2, 0.25) is 0 Å². The largest absolute Gasteiger partial charge is 0.461 e. The molecule has 0 amide bonds. The van der Waals surface area contributed by atoms with Crippen LogP contribution in [0.2, 0.25) is 0 Å². The minimum atomic E-state index is -0.0151. The Balaban J connectivity index is 1.54. The predicted molar refractivity (Wildman–Crippen MR) is 88.1 cm³/mol. The first-order valence-corrected chi connectivity index (χ1v) is 8.68. The summed E-state index contributed by atoms with van der Waals surface area (Å²) < 4.78 is 5.37. The fourth-order valence-electron chi connectivity index (χ4n) is 3.91. The molecule has 0 bridgehead atoms. The lowest BCUT2D eigenvalue weighted by molar-refractivity contribution is 0.184. The molecule has 4 rings (SSSR count). The number of aromatic amines is 1. The van der Waals surface area contributed by atoms with E-state index in [1.807, 2.05) is 12.1 Å². The van der Waals surface area contributed by atoms with E-state index in [1.165, 1.54) is 32.1 Å². The molecule has 5 heteroatoms. The van der Waals surface area contributed by atoms with Crippen LogP contribution in [-0.2, 0) is 13.0 Å². The van der Waals surface area contributed by atoms with Gasteiger partial charge < -0.3 is 9.40 Å². The Hall–Kier alpha value is -1.88. The molecule has 2 aliphatic rings. The van der Waals surface area contributed by atoms with Gasteiger partial charge in [-0.1, -0.05) is 19.3 Å². The minimum Gasteiger partial charge on any atom is -0.461 e. The Morgan fingerprint density at radius 3 is 2.96 bits per heavy atom. The van der Waals surface area contributed by atoms with E-state index in [1.54, 1.807) is 6.26 Å². The predicted octanol–water partition coefficient (Wildman–Crippen LogP) is 2.97. The normalized spacial score (nSPS) is 19.7. The molecule has 2 aromatic heterocycles. The third-order valence-electron chi connectivity index (χ3n) is 5.15. The number of nitrogens with zero attached hydrogens (tertiary/aromatic N) is 2. The first-order chi connectivity index (χ1) is 11.3. The number of hydrogen-bond acceptors (Lipinski definition) is 4. The van der Waals surface area contributed by atoms with Crippen LogP contribution < -0.4 is 5.56 Å². The van der Waals surface area contributed by atoms with Crippen LogP contribution in [0.4, 0.5) is 0 Å². The summed E-state index contributed by atoms with van der Waals surface area (Å²) in [6, 6.07) is 3.64. The molecule has 1 fully saturated rings. The van der Waals surface area contributed by atoms with Gasteiger partial charge in [0.25, 0.3) is 5.56 Å². The summed E-state index contributed by atoms with van der Waals surface area (Å²) in [5.74, 6) is 1.98. The Kier molecular flexibility index (Phi) is 4.04. The Labute approximate surface area is 135 Å². The van der Waals surface area contributed by atoms with Gasteiger partial charge in [0.05, 0.1) is 12.0 Å². The zero-order valence-electron chi connectivity index (χ0n) is 13.4. The second-order valence-corrected chi connectivity index (χ2v) is 6.81. The number of aromatic nitrogens is 2. The Morgan fingerprint density at radius 2 is 2.17 bits per heavy atom. The fourth-order valence-corrected chi connectivity index (χ4v) is 3.91. The third kappa shape index (κ3) is 3.11. The maximum absolute atomic E-state index is 12.3. The van der Waals surface area contributed by atoms with Crippen molar-refractivity contribution in [2.24, 2.45) is 5.92 Å². The molecule has 1 N–H and O–H groups in total. The van der Waals surface area contributed by atoms with E-state index in [9.17, 15) is 4.79 Å². The first-order valence-electron chi connectivity index (χ1n) is 8.68. The SMILES string of the molecule is O=c1[nH]c(-c2ccco2)nc2c1CCN(CC1CCCCC1)C2. The van der Waals surface area contributed by atoms with Gasteiger partial charge in [-0.15, -0.1) is 0 Å². The molecule has 2 aromatic rings. The van der Waals surface area contributed by atoms with Gasteiger partial charge in [-0.2, -0.15) is 0 Å². The van der Waals surface area contributed by atoms with Crippen molar-refractivity contribution >= 4 is 0 Å². The summed E-state index contributed by atoms with van der Waals surface area (Å²) in [6.07, 6.45) is 9.23. The minimum absolute atomic E-state index is 0.0151. The molecule has 23 heavy (non-hydrogen) atoms. The van der Waals surface area contributed by atoms with Crippen LogP contribution in [0.15, 0.2) is 27.6 Å². The molecule has 122 valence electrons. The number of nitrogens with one attached hydrogen (secondary N) is 1. The smallest absolute Gasteiger partial charge is 0.254 e. The summed E-state index contributed by atoms with van der Waals surface area (Å²) >= 11 is 0. The molecule has 0 radical (unpaired) electrons. The van der Waals surface area contributed by atoms with E-state index in [0.29, 0.717) is 11.6 Å². The summed E-state index contributed by atoms with van der Waals surface area (Å²) in [5.41, 5.74) is 1.75. The van der Waals surface area contributed by atoms with Crippen molar-refractivity contribution in [3.63, 3.8) is 0 Å². The van der Waals surface area contributed by atoms with E-state index in [4.69, 9.17) is 4.42 Å². The van der Waals surface area contributed by atoms with Crippen LogP contribution in [0.1, 0.15) is 43.4 Å². The van der Waals surface area contributed by atoms with Crippen LogP contribution in [-0.4, -0.2) is 28.0 Å². The molecular formula is C18H23N3O2. The van der Waals surface area contributed by atoms with Crippen molar-refractivity contribution in [2.45, 2.75) is 45.1 Å². The van der Waals surface area contributed by atoms with Crippen LogP contribution in [0, 0.1) is 5.92 Å². The molecule has 0 spiro atoms. The van der Waals surface area contributed by atoms with Crippen LogP contribution in [0.3, 0.4) is 0 Å². The van der Waals surface area contributed by atoms with Gasteiger partial charge >= 0.3 is 0 Å². The standard InChI is InChI=1S/C18H23N3O2/c22-18-14-8-9-21(11-13-5-2-1-3-6-13)12-15(14)19-17(20-18)16-7-4-10-23-16/h4,7,10,13H,1-3,5-6,8-9,11-12H2,(H,19,20,22). The van der Waals surface area contributed by atoms with Gasteiger partial charge in [-0.05, 0) is 37.3 Å². The summed E-state index contributed by atoms with van der Waals surface area (Å²) in [5, 5.41) is 0. The van der Waals surface area contributed by atoms with Gasteiger partial charge in [0, 0.05) is 25.2 Å². The number of H-pyrrole nitrogens is 1. The first kappa shape index (κ1) is 14.7. The maximum atomic E-state index is 12.3. The molecule has 5 nitrogen and oxygen atoms in total. The second kappa shape index (κ2) is 6.32. The average molecular weight is 313 g/mol. The second-order valence-electron chi connectivity index (χ2n) is 6.81. The highest BCUT2D eigenvalue weighted by Crippen LogP contribution is 2.26. The molecule has 3 heterocycles. The van der Waals surface area contributed by atoms with Crippen molar-refractivity contribution in [3.8, 4) is 11.6 Å². The lowest BCUT2D eigenvalue weighted by Crippen LogP contribution is -2.38. The lowest BCUT2D eigenvalue weighted by Gasteiger charge is -2.32. The fraction of sp³-hybridized carbons (Fsp3) is 0.556. The lowest BCUT2D eigenvalue weighted by atomic mass is 9.88. The average Bonchev–Trinajstić information content (AvgIpc) is 3.10. The summed E-state index contributed by atoms with van der Waals surface area (Å²) in [6.45, 7) is 2.89. The highest BCUT2D eigenvalue weighted by Gasteiger charge is 2.24. The van der Waals surface area contributed by atoms with Gasteiger partial charge in [-0.3, -0.25) is 9.69 Å². The zero-order chi connectivity index (χ0) is 15.6. The zero-order valence-corrected chi connectivity index (χ0v) is 13.4. The molecule has 0 unspecified atom stereocenters. The van der Waals surface area contributed by atoms with Crippen molar-refractivity contribution < 1.29 is 4.42 Å². The molecule has 0 saturated heterocycles. The Bertz CT molecular complexity index is 714. The molecule has 1 saturated carbocycles. The number of furan rings is 1. The third-order valence-corrected chi connectivity index (χ3v) is 5.15.